The minimum atomic E-state index is -0.691. The van der Waals surface area contributed by atoms with Gasteiger partial charge in [-0.3, -0.25) is 9.69 Å². The quantitative estimate of drug-likeness (QED) is 0.466. The molecule has 3 N–H and O–H groups in total. The SMILES string of the molecule is CN1C(=O)c2cc3cnc(Nc4ccc(N5CCN(C[C@@H](O)CO)CC5)cn4)nc3n2C2CCCC21. The Morgan fingerprint density at radius 1 is 1.11 bits per heavy atom. The number of aliphatic hydroxyl groups excluding tert-OH is 2. The highest BCUT2D eigenvalue weighted by Crippen LogP contribution is 2.41. The molecule has 0 radical (unpaired) electrons. The van der Waals surface area contributed by atoms with Crippen molar-refractivity contribution in [2.75, 3.05) is 56.6 Å². The molecular formula is C25H32N8O3. The number of fused-ring (bicyclic) bond motifs is 5. The molecule has 1 saturated heterocycles. The zero-order valence-electron chi connectivity index (χ0n) is 20.4. The number of β-amino-alcohol motifs (C(OH)–C–C–N with tert-alkyl or cyclic N) is 1. The van der Waals surface area contributed by atoms with Crippen LogP contribution in [0.2, 0.25) is 0 Å². The number of carbonyl (C=O) groups is 1. The molecule has 1 saturated carbocycles. The predicted octanol–water partition coefficient (Wildman–Crippen LogP) is 1.22. The van der Waals surface area contributed by atoms with Gasteiger partial charge in [0, 0.05) is 51.4 Å². The number of hydrogen-bond donors (Lipinski definition) is 3. The van der Waals surface area contributed by atoms with Gasteiger partial charge in [-0.05, 0) is 37.5 Å². The van der Waals surface area contributed by atoms with Crippen LogP contribution in [0, 0.1) is 0 Å². The summed E-state index contributed by atoms with van der Waals surface area (Å²) in [4.78, 5) is 33.1. The normalized spacial score (nSPS) is 23.1. The molecule has 5 heterocycles. The molecule has 0 aromatic carbocycles. The Labute approximate surface area is 209 Å². The summed E-state index contributed by atoms with van der Waals surface area (Å²) in [6.45, 7) is 3.61. The Kier molecular flexibility index (Phi) is 5.98. The highest BCUT2D eigenvalue weighted by Gasteiger charge is 2.41. The van der Waals surface area contributed by atoms with E-state index in [1.807, 2.05) is 36.3 Å². The van der Waals surface area contributed by atoms with Crippen LogP contribution in [0.1, 0.15) is 35.8 Å². The van der Waals surface area contributed by atoms with Crippen LogP contribution < -0.4 is 10.2 Å². The summed E-state index contributed by atoms with van der Waals surface area (Å²) < 4.78 is 2.12. The summed E-state index contributed by atoms with van der Waals surface area (Å²) in [6, 6.07) is 6.34. The minimum absolute atomic E-state index is 0.0494. The number of piperazine rings is 1. The Morgan fingerprint density at radius 2 is 1.92 bits per heavy atom. The summed E-state index contributed by atoms with van der Waals surface area (Å²) >= 11 is 0. The molecule has 2 fully saturated rings. The topological polar surface area (TPSA) is 123 Å². The van der Waals surface area contributed by atoms with Crippen molar-refractivity contribution in [3.05, 3.63) is 36.3 Å². The van der Waals surface area contributed by atoms with Gasteiger partial charge >= 0.3 is 0 Å². The lowest BCUT2D eigenvalue weighted by molar-refractivity contribution is 0.0575. The van der Waals surface area contributed by atoms with Crippen LogP contribution in [-0.2, 0) is 0 Å². The Bertz CT molecular complexity index is 1250. The van der Waals surface area contributed by atoms with Crippen molar-refractivity contribution in [3.8, 4) is 0 Å². The summed E-state index contributed by atoms with van der Waals surface area (Å²) in [5.41, 5.74) is 2.52. The van der Waals surface area contributed by atoms with Gasteiger partial charge in [0.2, 0.25) is 5.95 Å². The van der Waals surface area contributed by atoms with Crippen molar-refractivity contribution in [1.82, 2.24) is 29.3 Å². The first-order valence-corrected chi connectivity index (χ1v) is 12.7. The third-order valence-electron chi connectivity index (χ3n) is 7.79. The predicted molar refractivity (Wildman–Crippen MR) is 136 cm³/mol. The number of hydrogen-bond acceptors (Lipinski definition) is 9. The van der Waals surface area contributed by atoms with Gasteiger partial charge in [-0.25, -0.2) is 9.97 Å². The number of likely N-dealkylation sites (N-methyl/N-ethyl adjacent to an activating group) is 1. The first kappa shape index (κ1) is 23.1. The lowest BCUT2D eigenvalue weighted by atomic mass is 10.1. The maximum absolute atomic E-state index is 12.9. The average Bonchev–Trinajstić information content (AvgIpc) is 3.53. The number of aromatic nitrogens is 4. The van der Waals surface area contributed by atoms with Crippen LogP contribution in [0.25, 0.3) is 11.0 Å². The van der Waals surface area contributed by atoms with Gasteiger partial charge < -0.3 is 29.9 Å². The maximum atomic E-state index is 12.9. The van der Waals surface area contributed by atoms with Gasteiger partial charge in [0.25, 0.3) is 5.91 Å². The van der Waals surface area contributed by atoms with Crippen molar-refractivity contribution >= 4 is 34.4 Å². The van der Waals surface area contributed by atoms with Crippen LogP contribution >= 0.6 is 0 Å². The van der Waals surface area contributed by atoms with E-state index in [0.717, 1.165) is 62.2 Å². The molecule has 11 heteroatoms. The van der Waals surface area contributed by atoms with E-state index >= 15 is 0 Å². The number of anilines is 3. The van der Waals surface area contributed by atoms with E-state index in [9.17, 15) is 9.90 Å². The molecule has 1 amide bonds. The van der Waals surface area contributed by atoms with Crippen LogP contribution in [0.15, 0.2) is 30.6 Å². The Hall–Kier alpha value is -3.28. The Balaban J connectivity index is 1.17. The number of aliphatic hydroxyl groups is 2. The molecule has 0 bridgehead atoms. The van der Waals surface area contributed by atoms with Crippen molar-refractivity contribution in [2.24, 2.45) is 0 Å². The highest BCUT2D eigenvalue weighted by molar-refractivity contribution is 5.99. The number of pyridine rings is 1. The van der Waals surface area contributed by atoms with Crippen LogP contribution in [0.3, 0.4) is 0 Å². The second-order valence-corrected chi connectivity index (χ2v) is 10.0. The zero-order valence-corrected chi connectivity index (χ0v) is 20.4. The summed E-state index contributed by atoms with van der Waals surface area (Å²) in [6.07, 6.45) is 6.11. The van der Waals surface area contributed by atoms with Crippen LogP contribution in [0.5, 0.6) is 0 Å². The fourth-order valence-electron chi connectivity index (χ4n) is 5.88. The van der Waals surface area contributed by atoms with E-state index in [1.54, 1.807) is 6.20 Å². The van der Waals surface area contributed by atoms with Gasteiger partial charge in [-0.1, -0.05) is 0 Å². The summed E-state index contributed by atoms with van der Waals surface area (Å²) in [5.74, 6) is 1.16. The standard InChI is InChI=1S/C25H32N8O3/c1-30-19-3-2-4-20(19)33-21(24(30)36)11-16-12-27-25(29-23(16)33)28-22-6-5-17(13-26-22)32-9-7-31(8-10-32)14-18(35)15-34/h5-6,11-13,18-20,34-35H,2-4,7-10,14-15H2,1H3,(H,26,27,28,29)/t18-,19?,20?/m1/s1. The van der Waals surface area contributed by atoms with Crippen molar-refractivity contribution in [1.29, 1.82) is 0 Å². The van der Waals surface area contributed by atoms with E-state index < -0.39 is 6.10 Å². The molecule has 2 unspecified atom stereocenters. The maximum Gasteiger partial charge on any atom is 0.270 e. The molecule has 3 aromatic heterocycles. The molecule has 3 aliphatic rings. The van der Waals surface area contributed by atoms with E-state index in [4.69, 9.17) is 10.1 Å². The van der Waals surface area contributed by atoms with Gasteiger partial charge in [0.05, 0.1) is 36.7 Å². The first-order valence-electron chi connectivity index (χ1n) is 12.7. The second kappa shape index (κ2) is 9.30. The smallest absolute Gasteiger partial charge is 0.270 e. The van der Waals surface area contributed by atoms with Gasteiger partial charge in [0.1, 0.15) is 17.2 Å². The van der Waals surface area contributed by atoms with Gasteiger partial charge in [-0.2, -0.15) is 4.98 Å². The van der Waals surface area contributed by atoms with Crippen LogP contribution in [0.4, 0.5) is 17.5 Å². The molecule has 3 aromatic rings. The number of nitrogens with zero attached hydrogens (tertiary/aromatic N) is 7. The third-order valence-corrected chi connectivity index (χ3v) is 7.79. The molecule has 36 heavy (non-hydrogen) atoms. The van der Waals surface area contributed by atoms with Crippen LogP contribution in [-0.4, -0.2) is 104 Å². The molecule has 11 nitrogen and oxygen atoms in total. The number of amides is 1. The molecule has 0 spiro atoms. The number of carbonyl (C=O) groups excluding carboxylic acids is 1. The fraction of sp³-hybridized carbons (Fsp3) is 0.520. The van der Waals surface area contributed by atoms with E-state index in [-0.39, 0.29) is 24.6 Å². The largest absolute Gasteiger partial charge is 0.394 e. The van der Waals surface area contributed by atoms with E-state index in [1.165, 1.54) is 0 Å². The number of nitrogens with one attached hydrogen (secondary N) is 1. The van der Waals surface area contributed by atoms with Crippen molar-refractivity contribution < 1.29 is 15.0 Å². The van der Waals surface area contributed by atoms with Crippen molar-refractivity contribution in [2.45, 2.75) is 37.5 Å². The fourth-order valence-corrected chi connectivity index (χ4v) is 5.88. The average molecular weight is 493 g/mol. The Morgan fingerprint density at radius 3 is 2.67 bits per heavy atom. The van der Waals surface area contributed by atoms with Gasteiger partial charge in [0.15, 0.2) is 0 Å². The monoisotopic (exact) mass is 492 g/mol. The zero-order chi connectivity index (χ0) is 24.8. The molecule has 3 atom stereocenters. The number of rotatable bonds is 6. The lowest BCUT2D eigenvalue weighted by Crippen LogP contribution is -2.49. The minimum Gasteiger partial charge on any atom is -0.394 e. The molecular weight excluding hydrogens is 460 g/mol. The highest BCUT2D eigenvalue weighted by atomic mass is 16.3. The molecule has 1 aliphatic carbocycles. The molecule has 2 aliphatic heterocycles. The lowest BCUT2D eigenvalue weighted by Gasteiger charge is -2.36. The first-order chi connectivity index (χ1) is 17.5. The van der Waals surface area contributed by atoms with Crippen molar-refractivity contribution in [3.63, 3.8) is 0 Å². The molecule has 190 valence electrons. The summed E-state index contributed by atoms with van der Waals surface area (Å²) in [7, 11) is 1.90. The second-order valence-electron chi connectivity index (χ2n) is 10.0. The summed E-state index contributed by atoms with van der Waals surface area (Å²) in [5, 5.41) is 22.8. The van der Waals surface area contributed by atoms with E-state index in [0.29, 0.717) is 24.0 Å². The van der Waals surface area contributed by atoms with Gasteiger partial charge in [-0.15, -0.1) is 0 Å². The third kappa shape index (κ3) is 4.06. The van der Waals surface area contributed by atoms with E-state index in [2.05, 4.69) is 29.7 Å². The molecule has 6 rings (SSSR count).